The highest BCUT2D eigenvalue weighted by Crippen LogP contribution is 2.27. The van der Waals surface area contributed by atoms with Gasteiger partial charge in [0.05, 0.1) is 6.33 Å². The zero-order valence-electron chi connectivity index (χ0n) is 25.0. The summed E-state index contributed by atoms with van der Waals surface area (Å²) in [6.45, 7) is 10.7. The number of hydrogen-bond acceptors (Lipinski definition) is 5. The molecule has 2 amide bonds. The number of pyridine rings is 1. The van der Waals surface area contributed by atoms with E-state index in [0.29, 0.717) is 32.0 Å². The average molecular weight is 658 g/mol. The lowest BCUT2D eigenvalue weighted by molar-refractivity contribution is -0.142. The SMILES string of the molecule is CC(C)CC(=O)N1CCNC[C@@H]1C(=O)NCCC(C)(C)n1ccnc1.Clc1ccc2c(c1)CCc1cc(Br)cnc1C2. The van der Waals surface area contributed by atoms with Crippen LogP contribution in [0, 0.1) is 5.92 Å². The third-order valence-electron chi connectivity index (χ3n) is 7.91. The first kappa shape index (κ1) is 32.2. The quantitative estimate of drug-likeness (QED) is 0.367. The van der Waals surface area contributed by atoms with Crippen molar-refractivity contribution < 1.29 is 9.59 Å². The number of fused-ring (bicyclic) bond motifs is 2. The third-order valence-corrected chi connectivity index (χ3v) is 8.57. The Kier molecular flexibility index (Phi) is 11.2. The number of rotatable bonds is 7. The number of nitrogens with one attached hydrogen (secondary N) is 2. The van der Waals surface area contributed by atoms with E-state index in [9.17, 15) is 9.59 Å². The Morgan fingerprint density at radius 2 is 1.98 bits per heavy atom. The fourth-order valence-electron chi connectivity index (χ4n) is 5.39. The molecule has 0 radical (unpaired) electrons. The Bertz CT molecular complexity index is 1310. The van der Waals surface area contributed by atoms with Gasteiger partial charge in [-0.25, -0.2) is 4.98 Å². The van der Waals surface area contributed by atoms with Gasteiger partial charge in [-0.15, -0.1) is 0 Å². The molecular formula is C32H42BrClN6O2. The van der Waals surface area contributed by atoms with Gasteiger partial charge in [-0.2, -0.15) is 0 Å². The predicted molar refractivity (Wildman–Crippen MR) is 171 cm³/mol. The molecule has 42 heavy (non-hydrogen) atoms. The maximum Gasteiger partial charge on any atom is 0.244 e. The summed E-state index contributed by atoms with van der Waals surface area (Å²) in [7, 11) is 0. The van der Waals surface area contributed by atoms with Crippen LogP contribution in [0.4, 0.5) is 0 Å². The van der Waals surface area contributed by atoms with Crippen LogP contribution in [-0.2, 0) is 34.4 Å². The van der Waals surface area contributed by atoms with Gasteiger partial charge in [-0.3, -0.25) is 14.6 Å². The van der Waals surface area contributed by atoms with E-state index in [1.54, 1.807) is 17.4 Å². The summed E-state index contributed by atoms with van der Waals surface area (Å²) < 4.78 is 3.10. The van der Waals surface area contributed by atoms with Gasteiger partial charge in [0.25, 0.3) is 0 Å². The summed E-state index contributed by atoms with van der Waals surface area (Å²) in [6.07, 6.45) is 11.6. The number of carbonyl (C=O) groups is 2. The minimum absolute atomic E-state index is 0.0652. The molecule has 1 atom stereocenters. The maximum atomic E-state index is 12.6. The molecule has 0 spiro atoms. The van der Waals surface area contributed by atoms with E-state index in [0.717, 1.165) is 41.7 Å². The fourth-order valence-corrected chi connectivity index (χ4v) is 5.97. The Labute approximate surface area is 262 Å². The molecule has 0 bridgehead atoms. The number of hydrogen-bond donors (Lipinski definition) is 2. The van der Waals surface area contributed by atoms with E-state index in [1.807, 2.05) is 36.9 Å². The normalized spacial score (nSPS) is 16.5. The Morgan fingerprint density at radius 3 is 2.71 bits per heavy atom. The van der Waals surface area contributed by atoms with Crippen LogP contribution in [0.3, 0.4) is 0 Å². The van der Waals surface area contributed by atoms with Crippen LogP contribution >= 0.6 is 27.5 Å². The van der Waals surface area contributed by atoms with Crippen LogP contribution in [0.25, 0.3) is 0 Å². The number of carbonyl (C=O) groups excluding carboxylic acids is 2. The standard InChI is InChI=1S/C18H31N5O2.C14H11BrClN/c1-14(2)11-16(24)23-10-8-19-12-15(23)17(25)21-6-5-18(3,4)22-9-7-20-13-22;15-12-5-11-2-1-9-6-13(16)4-3-10(9)7-14(11)17-8-12/h7,9,13-15,19H,5-6,8,10-12H2,1-4H3,(H,21,25);3-6,8H,1-2,7H2/t15-;/m1./s1. The van der Waals surface area contributed by atoms with Crippen molar-refractivity contribution in [1.82, 2.24) is 30.1 Å². The van der Waals surface area contributed by atoms with Gasteiger partial charge < -0.3 is 20.1 Å². The molecule has 3 aromatic rings. The smallest absolute Gasteiger partial charge is 0.244 e. The molecule has 3 heterocycles. The topological polar surface area (TPSA) is 92.2 Å². The minimum Gasteiger partial charge on any atom is -0.354 e. The van der Waals surface area contributed by atoms with E-state index in [4.69, 9.17) is 11.6 Å². The van der Waals surface area contributed by atoms with Crippen LogP contribution in [0.15, 0.2) is 53.7 Å². The molecule has 226 valence electrons. The highest BCUT2D eigenvalue weighted by molar-refractivity contribution is 9.10. The van der Waals surface area contributed by atoms with E-state index in [2.05, 4.69) is 68.6 Å². The van der Waals surface area contributed by atoms with Crippen LogP contribution in [0.1, 0.15) is 62.9 Å². The summed E-state index contributed by atoms with van der Waals surface area (Å²) in [5.74, 6) is 0.281. The molecule has 10 heteroatoms. The molecule has 1 aliphatic carbocycles. The van der Waals surface area contributed by atoms with Crippen molar-refractivity contribution in [1.29, 1.82) is 0 Å². The van der Waals surface area contributed by atoms with E-state index in [1.165, 1.54) is 22.4 Å². The van der Waals surface area contributed by atoms with Crippen molar-refractivity contribution in [2.75, 3.05) is 26.2 Å². The van der Waals surface area contributed by atoms with Gasteiger partial charge in [0.15, 0.2) is 0 Å². The average Bonchev–Trinajstić information content (AvgIpc) is 3.45. The minimum atomic E-state index is -0.420. The molecule has 2 aliphatic rings. The van der Waals surface area contributed by atoms with Crippen LogP contribution < -0.4 is 10.6 Å². The van der Waals surface area contributed by atoms with Gasteiger partial charge in [0.1, 0.15) is 6.04 Å². The molecule has 5 rings (SSSR count). The zero-order chi connectivity index (χ0) is 30.3. The number of aryl methyl sites for hydroxylation is 2. The second kappa shape index (κ2) is 14.6. The molecular weight excluding hydrogens is 616 g/mol. The van der Waals surface area contributed by atoms with Crippen LogP contribution in [0.5, 0.6) is 0 Å². The van der Waals surface area contributed by atoms with Crippen molar-refractivity contribution >= 4 is 39.3 Å². The highest BCUT2D eigenvalue weighted by atomic mass is 79.9. The molecule has 1 saturated heterocycles. The van der Waals surface area contributed by atoms with Gasteiger partial charge in [0.2, 0.25) is 11.8 Å². The number of piperazine rings is 1. The fraction of sp³-hybridized carbons (Fsp3) is 0.500. The van der Waals surface area contributed by atoms with Crippen LogP contribution in [0.2, 0.25) is 5.02 Å². The third kappa shape index (κ3) is 8.64. The Morgan fingerprint density at radius 1 is 1.19 bits per heavy atom. The van der Waals surface area contributed by atoms with Gasteiger partial charge in [-0.05, 0) is 89.8 Å². The molecule has 1 aromatic carbocycles. The molecule has 0 saturated carbocycles. The molecule has 0 unspecified atom stereocenters. The van der Waals surface area contributed by atoms with Crippen molar-refractivity contribution in [2.24, 2.45) is 5.92 Å². The summed E-state index contributed by atoms with van der Waals surface area (Å²) in [6, 6.07) is 7.92. The Hall–Kier alpha value is -2.75. The number of nitrogens with zero attached hydrogens (tertiary/aromatic N) is 4. The first-order valence-corrected chi connectivity index (χ1v) is 15.9. The number of aromatic nitrogens is 3. The van der Waals surface area contributed by atoms with Gasteiger partial charge in [-0.1, -0.05) is 31.5 Å². The van der Waals surface area contributed by atoms with E-state index >= 15 is 0 Å². The van der Waals surface area contributed by atoms with Crippen molar-refractivity contribution in [3.05, 3.63) is 81.1 Å². The molecule has 2 N–H and O–H groups in total. The number of halogens is 2. The number of amides is 2. The molecule has 8 nitrogen and oxygen atoms in total. The first-order valence-electron chi connectivity index (χ1n) is 14.7. The van der Waals surface area contributed by atoms with Crippen molar-refractivity contribution in [3.8, 4) is 0 Å². The number of imidazole rings is 1. The molecule has 1 aliphatic heterocycles. The zero-order valence-corrected chi connectivity index (χ0v) is 27.3. The van der Waals surface area contributed by atoms with Crippen molar-refractivity contribution in [2.45, 2.75) is 71.4 Å². The Balaban J connectivity index is 0.000000206. The van der Waals surface area contributed by atoms with E-state index < -0.39 is 6.04 Å². The van der Waals surface area contributed by atoms with Gasteiger partial charge in [0, 0.05) is 78.3 Å². The summed E-state index contributed by atoms with van der Waals surface area (Å²) >= 11 is 9.52. The second-order valence-corrected chi connectivity index (χ2v) is 13.4. The lowest BCUT2D eigenvalue weighted by Crippen LogP contribution is -2.59. The van der Waals surface area contributed by atoms with Crippen LogP contribution in [-0.4, -0.2) is 63.5 Å². The van der Waals surface area contributed by atoms with Gasteiger partial charge >= 0.3 is 0 Å². The summed E-state index contributed by atoms with van der Waals surface area (Å²) in [5.41, 5.74) is 5.11. The lowest BCUT2D eigenvalue weighted by atomic mass is 10.0. The summed E-state index contributed by atoms with van der Waals surface area (Å²) in [4.78, 5) is 35.4. The maximum absolute atomic E-state index is 12.6. The largest absolute Gasteiger partial charge is 0.354 e. The number of benzene rings is 1. The lowest BCUT2D eigenvalue weighted by Gasteiger charge is -2.36. The molecule has 1 fully saturated rings. The second-order valence-electron chi connectivity index (χ2n) is 12.1. The first-order chi connectivity index (χ1) is 20.0. The van der Waals surface area contributed by atoms with Crippen molar-refractivity contribution in [3.63, 3.8) is 0 Å². The van der Waals surface area contributed by atoms with E-state index in [-0.39, 0.29) is 17.4 Å². The highest BCUT2D eigenvalue weighted by Gasteiger charge is 2.32. The monoisotopic (exact) mass is 656 g/mol. The summed E-state index contributed by atoms with van der Waals surface area (Å²) in [5, 5.41) is 7.04. The molecule has 2 aromatic heterocycles. The predicted octanol–water partition coefficient (Wildman–Crippen LogP) is 5.16.